The van der Waals surface area contributed by atoms with Gasteiger partial charge in [-0.05, 0) is 29.8 Å². The number of ether oxygens (including phenoxy) is 1. The summed E-state index contributed by atoms with van der Waals surface area (Å²) in [5, 5.41) is 3.52. The molecule has 0 radical (unpaired) electrons. The van der Waals surface area contributed by atoms with Crippen molar-refractivity contribution in [2.75, 3.05) is 12.4 Å². The Morgan fingerprint density at radius 2 is 1.84 bits per heavy atom. The van der Waals surface area contributed by atoms with Crippen LogP contribution in [0, 0.1) is 0 Å². The summed E-state index contributed by atoms with van der Waals surface area (Å²) in [7, 11) is 1.67. The van der Waals surface area contributed by atoms with Crippen molar-refractivity contribution in [3.8, 4) is 17.0 Å². The number of hydrogen-bond donors (Lipinski definition) is 1. The molecule has 0 atom stereocenters. The van der Waals surface area contributed by atoms with Gasteiger partial charge in [0.2, 0.25) is 0 Å². The lowest BCUT2D eigenvalue weighted by Crippen LogP contribution is -2.03. The van der Waals surface area contributed by atoms with E-state index in [-0.39, 0.29) is 0 Å². The molecule has 0 aliphatic heterocycles. The molecule has 0 saturated heterocycles. The number of imidazole rings is 1. The van der Waals surface area contributed by atoms with Crippen molar-refractivity contribution < 1.29 is 4.74 Å². The Labute approximate surface area is 145 Å². The SMILES string of the molecule is COc1ccc(-c2nc3cnccn3c2NCc2ccccc2)cc1. The first-order valence-electron chi connectivity index (χ1n) is 8.09. The maximum Gasteiger partial charge on any atom is 0.157 e. The van der Waals surface area contributed by atoms with Gasteiger partial charge in [0.05, 0.1) is 13.3 Å². The molecule has 0 fully saturated rings. The summed E-state index contributed by atoms with van der Waals surface area (Å²) >= 11 is 0. The first-order valence-corrected chi connectivity index (χ1v) is 8.09. The normalized spacial score (nSPS) is 10.8. The zero-order valence-electron chi connectivity index (χ0n) is 13.9. The Morgan fingerprint density at radius 1 is 1.04 bits per heavy atom. The van der Waals surface area contributed by atoms with E-state index in [4.69, 9.17) is 9.72 Å². The highest BCUT2D eigenvalue weighted by molar-refractivity contribution is 5.76. The van der Waals surface area contributed by atoms with Crippen LogP contribution in [0.1, 0.15) is 5.56 Å². The van der Waals surface area contributed by atoms with Crippen molar-refractivity contribution in [2.45, 2.75) is 6.54 Å². The van der Waals surface area contributed by atoms with E-state index >= 15 is 0 Å². The van der Waals surface area contributed by atoms with Gasteiger partial charge in [-0.1, -0.05) is 30.3 Å². The first kappa shape index (κ1) is 15.2. The fourth-order valence-corrected chi connectivity index (χ4v) is 2.81. The molecule has 0 saturated carbocycles. The van der Waals surface area contributed by atoms with Crippen molar-refractivity contribution in [3.05, 3.63) is 78.8 Å². The van der Waals surface area contributed by atoms with Crippen LogP contribution in [0.15, 0.2) is 73.2 Å². The third-order valence-corrected chi connectivity index (χ3v) is 4.10. The summed E-state index contributed by atoms with van der Waals surface area (Å²) in [5.74, 6) is 1.78. The molecule has 5 heteroatoms. The number of nitrogens with zero attached hydrogens (tertiary/aromatic N) is 3. The van der Waals surface area contributed by atoms with E-state index in [9.17, 15) is 0 Å². The summed E-state index contributed by atoms with van der Waals surface area (Å²) in [6.45, 7) is 0.722. The molecule has 25 heavy (non-hydrogen) atoms. The molecule has 0 aliphatic rings. The maximum atomic E-state index is 5.25. The molecule has 1 N–H and O–H groups in total. The highest BCUT2D eigenvalue weighted by atomic mass is 16.5. The average Bonchev–Trinajstić information content (AvgIpc) is 3.06. The van der Waals surface area contributed by atoms with Crippen LogP contribution < -0.4 is 10.1 Å². The van der Waals surface area contributed by atoms with Gasteiger partial charge in [0.25, 0.3) is 0 Å². The average molecular weight is 330 g/mol. The van der Waals surface area contributed by atoms with Gasteiger partial charge in [0, 0.05) is 24.5 Å². The van der Waals surface area contributed by atoms with Crippen LogP contribution in [-0.4, -0.2) is 21.5 Å². The third-order valence-electron chi connectivity index (χ3n) is 4.10. The molecule has 4 rings (SSSR count). The minimum atomic E-state index is 0.722. The van der Waals surface area contributed by atoms with Crippen LogP contribution in [-0.2, 0) is 6.54 Å². The van der Waals surface area contributed by atoms with E-state index in [0.717, 1.165) is 35.0 Å². The van der Waals surface area contributed by atoms with E-state index in [2.05, 4.69) is 22.4 Å². The zero-order chi connectivity index (χ0) is 17.1. The van der Waals surface area contributed by atoms with Gasteiger partial charge in [0.1, 0.15) is 17.3 Å². The summed E-state index contributed by atoms with van der Waals surface area (Å²) in [6.07, 6.45) is 5.45. The maximum absolute atomic E-state index is 5.25. The van der Waals surface area contributed by atoms with E-state index in [1.54, 1.807) is 19.5 Å². The highest BCUT2D eigenvalue weighted by Gasteiger charge is 2.14. The predicted molar refractivity (Wildman–Crippen MR) is 98.7 cm³/mol. The van der Waals surface area contributed by atoms with Gasteiger partial charge >= 0.3 is 0 Å². The molecular weight excluding hydrogens is 312 g/mol. The molecule has 2 aromatic heterocycles. The van der Waals surface area contributed by atoms with Gasteiger partial charge < -0.3 is 10.1 Å². The Hall–Kier alpha value is -3.34. The predicted octanol–water partition coefficient (Wildman–Crippen LogP) is 4.02. The van der Waals surface area contributed by atoms with Crippen LogP contribution >= 0.6 is 0 Å². The fraction of sp³-hybridized carbons (Fsp3) is 0.100. The molecular formula is C20H18N4O. The minimum absolute atomic E-state index is 0.722. The molecule has 0 unspecified atom stereocenters. The Balaban J connectivity index is 1.74. The lowest BCUT2D eigenvalue weighted by Gasteiger charge is -2.09. The molecule has 4 aromatic rings. The first-order chi connectivity index (χ1) is 12.3. The van der Waals surface area contributed by atoms with Crippen LogP contribution in [0.25, 0.3) is 16.9 Å². The molecule has 5 nitrogen and oxygen atoms in total. The van der Waals surface area contributed by atoms with E-state index in [1.807, 2.05) is 53.1 Å². The van der Waals surface area contributed by atoms with Gasteiger partial charge in [-0.2, -0.15) is 0 Å². The number of hydrogen-bond acceptors (Lipinski definition) is 4. The summed E-state index contributed by atoms with van der Waals surface area (Å²) in [5.41, 5.74) is 3.95. The van der Waals surface area contributed by atoms with Crippen LogP contribution in [0.2, 0.25) is 0 Å². The number of rotatable bonds is 5. The quantitative estimate of drug-likeness (QED) is 0.600. The van der Waals surface area contributed by atoms with Gasteiger partial charge in [-0.25, -0.2) is 4.98 Å². The third kappa shape index (κ3) is 3.04. The summed E-state index contributed by atoms with van der Waals surface area (Å²) < 4.78 is 7.27. The largest absolute Gasteiger partial charge is 0.497 e. The second-order valence-corrected chi connectivity index (χ2v) is 5.68. The topological polar surface area (TPSA) is 51.5 Å². The van der Waals surface area contributed by atoms with Crippen molar-refractivity contribution in [1.29, 1.82) is 0 Å². The number of benzene rings is 2. The van der Waals surface area contributed by atoms with Gasteiger partial charge in [-0.3, -0.25) is 9.38 Å². The van der Waals surface area contributed by atoms with Crippen LogP contribution in [0.4, 0.5) is 5.82 Å². The molecule has 124 valence electrons. The second kappa shape index (κ2) is 6.65. The number of fused-ring (bicyclic) bond motifs is 1. The Morgan fingerprint density at radius 3 is 2.60 bits per heavy atom. The van der Waals surface area contributed by atoms with Crippen LogP contribution in [0.5, 0.6) is 5.75 Å². The lowest BCUT2D eigenvalue weighted by molar-refractivity contribution is 0.415. The fourth-order valence-electron chi connectivity index (χ4n) is 2.81. The molecule has 0 amide bonds. The standard InChI is InChI=1S/C20H18N4O/c1-25-17-9-7-16(8-10-17)19-20(22-13-15-5-3-2-4-6-15)24-12-11-21-14-18(24)23-19/h2-12,14,22H,13H2,1H3. The summed E-state index contributed by atoms with van der Waals surface area (Å²) in [6, 6.07) is 18.2. The van der Waals surface area contributed by atoms with Gasteiger partial charge in [-0.15, -0.1) is 0 Å². The summed E-state index contributed by atoms with van der Waals surface area (Å²) in [4.78, 5) is 8.92. The molecule has 0 spiro atoms. The molecule has 2 heterocycles. The van der Waals surface area contributed by atoms with Crippen molar-refractivity contribution in [1.82, 2.24) is 14.4 Å². The smallest absolute Gasteiger partial charge is 0.157 e. The Kier molecular flexibility index (Phi) is 4.04. The Bertz CT molecular complexity index is 978. The minimum Gasteiger partial charge on any atom is -0.497 e. The second-order valence-electron chi connectivity index (χ2n) is 5.68. The van der Waals surface area contributed by atoms with Crippen molar-refractivity contribution in [3.63, 3.8) is 0 Å². The lowest BCUT2D eigenvalue weighted by atomic mass is 10.1. The van der Waals surface area contributed by atoms with E-state index < -0.39 is 0 Å². The van der Waals surface area contributed by atoms with E-state index in [1.165, 1.54) is 5.56 Å². The van der Waals surface area contributed by atoms with Gasteiger partial charge in [0.15, 0.2) is 5.65 Å². The molecule has 0 aliphatic carbocycles. The molecule has 2 aromatic carbocycles. The van der Waals surface area contributed by atoms with Crippen LogP contribution in [0.3, 0.4) is 0 Å². The van der Waals surface area contributed by atoms with Crippen molar-refractivity contribution >= 4 is 11.5 Å². The van der Waals surface area contributed by atoms with E-state index in [0.29, 0.717) is 0 Å². The highest BCUT2D eigenvalue weighted by Crippen LogP contribution is 2.30. The number of methoxy groups -OCH3 is 1. The number of aromatic nitrogens is 3. The zero-order valence-corrected chi connectivity index (χ0v) is 13.9. The number of anilines is 1. The number of nitrogens with one attached hydrogen (secondary N) is 1. The monoisotopic (exact) mass is 330 g/mol. The molecule has 0 bridgehead atoms. The van der Waals surface area contributed by atoms with Crippen molar-refractivity contribution in [2.24, 2.45) is 0 Å².